The number of fused-ring (bicyclic) bond motifs is 1. The van der Waals surface area contributed by atoms with Crippen molar-refractivity contribution in [3.8, 4) is 0 Å². The van der Waals surface area contributed by atoms with Crippen LogP contribution in [0, 0.1) is 0 Å². The zero-order valence-corrected chi connectivity index (χ0v) is 15.8. The molecule has 6 nitrogen and oxygen atoms in total. The van der Waals surface area contributed by atoms with Crippen LogP contribution >= 0.6 is 11.3 Å². The summed E-state index contributed by atoms with van der Waals surface area (Å²) in [7, 11) is 1.35. The summed E-state index contributed by atoms with van der Waals surface area (Å²) in [5, 5.41) is 7.11. The first-order valence-corrected chi connectivity index (χ1v) is 9.55. The number of thiophene rings is 1. The number of anilines is 1. The molecular weight excluding hydrogens is 362 g/mol. The van der Waals surface area contributed by atoms with E-state index < -0.39 is 12.0 Å². The lowest BCUT2D eigenvalue weighted by Gasteiger charge is -2.11. The summed E-state index contributed by atoms with van der Waals surface area (Å²) in [6.07, 6.45) is 9.01. The SMILES string of the molecule is COC(=O)c1c(NC(=O)NN=C/C=C/c2ccccc2)sc2c1CCCC2. The number of esters is 1. The number of aryl methyl sites for hydroxylation is 1. The van der Waals surface area contributed by atoms with Gasteiger partial charge in [-0.25, -0.2) is 15.0 Å². The maximum atomic E-state index is 12.2. The van der Waals surface area contributed by atoms with Gasteiger partial charge < -0.3 is 4.74 Å². The van der Waals surface area contributed by atoms with Crippen molar-refractivity contribution < 1.29 is 14.3 Å². The third kappa shape index (κ3) is 4.83. The largest absolute Gasteiger partial charge is 0.465 e. The van der Waals surface area contributed by atoms with Crippen LogP contribution in [0.4, 0.5) is 9.80 Å². The van der Waals surface area contributed by atoms with Crippen molar-refractivity contribution in [3.05, 3.63) is 58.0 Å². The zero-order valence-electron chi connectivity index (χ0n) is 15.0. The number of rotatable bonds is 5. The molecular formula is C20H21N3O3S. The number of urea groups is 1. The van der Waals surface area contributed by atoms with Crippen molar-refractivity contribution >= 4 is 40.6 Å². The van der Waals surface area contributed by atoms with Crippen molar-refractivity contribution in [2.45, 2.75) is 25.7 Å². The van der Waals surface area contributed by atoms with Gasteiger partial charge in [0.1, 0.15) is 5.00 Å². The molecule has 0 fully saturated rings. The summed E-state index contributed by atoms with van der Waals surface area (Å²) in [5.74, 6) is -0.418. The minimum Gasteiger partial charge on any atom is -0.465 e. The third-order valence-corrected chi connectivity index (χ3v) is 5.41. The van der Waals surface area contributed by atoms with Crippen molar-refractivity contribution in [3.63, 3.8) is 0 Å². The topological polar surface area (TPSA) is 79.8 Å². The number of nitrogens with one attached hydrogen (secondary N) is 2. The Kier molecular flexibility index (Phi) is 6.38. The lowest BCUT2D eigenvalue weighted by atomic mass is 9.95. The second kappa shape index (κ2) is 9.14. The van der Waals surface area contributed by atoms with Crippen LogP contribution in [0.2, 0.25) is 0 Å². The molecule has 0 saturated carbocycles. The molecule has 1 aromatic heterocycles. The maximum absolute atomic E-state index is 12.2. The van der Waals surface area contributed by atoms with Gasteiger partial charge in [0, 0.05) is 11.1 Å². The molecule has 1 aliphatic carbocycles. The van der Waals surface area contributed by atoms with Gasteiger partial charge in [-0.2, -0.15) is 5.10 Å². The summed E-state index contributed by atoms with van der Waals surface area (Å²) < 4.78 is 4.90. The zero-order chi connectivity index (χ0) is 19.1. The number of carbonyl (C=O) groups is 2. The molecule has 2 N–H and O–H groups in total. The predicted octanol–water partition coefficient (Wildman–Crippen LogP) is 4.23. The van der Waals surface area contributed by atoms with Crippen LogP contribution in [0.25, 0.3) is 6.08 Å². The number of allylic oxidation sites excluding steroid dienone is 1. The number of methoxy groups -OCH3 is 1. The van der Waals surface area contributed by atoms with Crippen molar-refractivity contribution in [2.75, 3.05) is 12.4 Å². The minimum absolute atomic E-state index is 0.418. The molecule has 1 aliphatic rings. The Hall–Kier alpha value is -2.93. The molecule has 0 radical (unpaired) electrons. The Balaban J connectivity index is 1.62. The average Bonchev–Trinajstić information content (AvgIpc) is 3.05. The smallest absolute Gasteiger partial charge is 0.341 e. The minimum atomic E-state index is -0.497. The molecule has 0 unspecified atom stereocenters. The van der Waals surface area contributed by atoms with E-state index in [-0.39, 0.29) is 0 Å². The fourth-order valence-corrected chi connectivity index (χ4v) is 4.23. The van der Waals surface area contributed by atoms with Gasteiger partial charge in [0.05, 0.1) is 12.7 Å². The van der Waals surface area contributed by atoms with Crippen LogP contribution in [-0.4, -0.2) is 25.3 Å². The average molecular weight is 383 g/mol. The molecule has 27 heavy (non-hydrogen) atoms. The van der Waals surface area contributed by atoms with Gasteiger partial charge in [0.25, 0.3) is 0 Å². The molecule has 1 heterocycles. The molecule has 0 atom stereocenters. The first-order chi connectivity index (χ1) is 13.2. The van der Waals surface area contributed by atoms with Gasteiger partial charge in [-0.1, -0.05) is 36.4 Å². The van der Waals surface area contributed by atoms with Gasteiger partial charge in [-0.15, -0.1) is 11.3 Å². The molecule has 2 amide bonds. The Bertz CT molecular complexity index is 872. The highest BCUT2D eigenvalue weighted by atomic mass is 32.1. The number of hydrazone groups is 1. The summed E-state index contributed by atoms with van der Waals surface area (Å²) >= 11 is 1.44. The van der Waals surface area contributed by atoms with Crippen LogP contribution < -0.4 is 10.7 Å². The Labute approximate surface area is 161 Å². The number of benzene rings is 1. The van der Waals surface area contributed by atoms with Gasteiger partial charge in [0.15, 0.2) is 0 Å². The molecule has 0 bridgehead atoms. The lowest BCUT2D eigenvalue weighted by molar-refractivity contribution is 0.0601. The van der Waals surface area contributed by atoms with E-state index in [4.69, 9.17) is 4.74 Å². The van der Waals surface area contributed by atoms with E-state index in [1.165, 1.54) is 24.7 Å². The highest BCUT2D eigenvalue weighted by Gasteiger charge is 2.26. The second-order valence-corrected chi connectivity index (χ2v) is 7.13. The van der Waals surface area contributed by atoms with Gasteiger partial charge >= 0.3 is 12.0 Å². The monoisotopic (exact) mass is 383 g/mol. The van der Waals surface area contributed by atoms with Crippen LogP contribution in [-0.2, 0) is 17.6 Å². The van der Waals surface area contributed by atoms with Crippen molar-refractivity contribution in [1.29, 1.82) is 0 Å². The Morgan fingerprint density at radius 3 is 2.74 bits per heavy atom. The van der Waals surface area contributed by atoms with Gasteiger partial charge in [-0.3, -0.25) is 5.32 Å². The van der Waals surface area contributed by atoms with E-state index in [1.54, 1.807) is 6.08 Å². The molecule has 7 heteroatoms. The Morgan fingerprint density at radius 1 is 1.19 bits per heavy atom. The van der Waals surface area contributed by atoms with Gasteiger partial charge in [0.2, 0.25) is 0 Å². The number of nitrogens with zero attached hydrogens (tertiary/aromatic N) is 1. The molecule has 0 aliphatic heterocycles. The first kappa shape index (κ1) is 18.8. The van der Waals surface area contributed by atoms with E-state index in [1.807, 2.05) is 36.4 Å². The first-order valence-electron chi connectivity index (χ1n) is 8.73. The van der Waals surface area contributed by atoms with Crippen LogP contribution in [0.1, 0.15) is 39.2 Å². The highest BCUT2D eigenvalue weighted by molar-refractivity contribution is 7.17. The highest BCUT2D eigenvalue weighted by Crippen LogP contribution is 2.38. The normalized spacial score (nSPS) is 13.5. The fraction of sp³-hybridized carbons (Fsp3) is 0.250. The summed E-state index contributed by atoms with van der Waals surface area (Å²) in [6, 6.07) is 9.28. The van der Waals surface area contributed by atoms with Gasteiger partial charge in [-0.05, 0) is 42.9 Å². The molecule has 1 aromatic carbocycles. The number of hydrogen-bond donors (Lipinski definition) is 2. The van der Waals surface area contributed by atoms with E-state index in [0.29, 0.717) is 10.6 Å². The molecule has 3 rings (SSSR count). The quantitative estimate of drug-likeness (QED) is 0.460. The van der Waals surface area contributed by atoms with Crippen molar-refractivity contribution in [1.82, 2.24) is 5.43 Å². The van der Waals surface area contributed by atoms with Crippen LogP contribution in [0.15, 0.2) is 41.5 Å². The third-order valence-electron chi connectivity index (χ3n) is 4.20. The summed E-state index contributed by atoms with van der Waals surface area (Å²) in [6.45, 7) is 0. The predicted molar refractivity (Wildman–Crippen MR) is 108 cm³/mol. The molecule has 140 valence electrons. The number of carbonyl (C=O) groups excluding carboxylic acids is 2. The van der Waals surface area contributed by atoms with E-state index in [0.717, 1.165) is 41.7 Å². The summed E-state index contributed by atoms with van der Waals surface area (Å²) in [5.41, 5.74) is 4.92. The van der Waals surface area contributed by atoms with E-state index >= 15 is 0 Å². The molecule has 2 aromatic rings. The lowest BCUT2D eigenvalue weighted by Crippen LogP contribution is -2.24. The van der Waals surface area contributed by atoms with Crippen LogP contribution in [0.3, 0.4) is 0 Å². The summed E-state index contributed by atoms with van der Waals surface area (Å²) in [4.78, 5) is 25.4. The standard InChI is InChI=1S/C20H21N3O3S/c1-26-19(24)17-15-11-5-6-12-16(15)27-18(17)22-20(25)23-21-13-7-10-14-8-3-2-4-9-14/h2-4,7-10,13H,5-6,11-12H2,1H3,(H2,22,23,25)/b10-7+,21-13?. The number of ether oxygens (including phenoxy) is 1. The van der Waals surface area contributed by atoms with Crippen molar-refractivity contribution in [2.24, 2.45) is 5.10 Å². The second-order valence-electron chi connectivity index (χ2n) is 6.02. The molecule has 0 spiro atoms. The van der Waals surface area contributed by atoms with E-state index in [9.17, 15) is 9.59 Å². The fourth-order valence-electron chi connectivity index (χ4n) is 2.96. The number of hydrogen-bond acceptors (Lipinski definition) is 5. The number of amides is 2. The van der Waals surface area contributed by atoms with Crippen LogP contribution in [0.5, 0.6) is 0 Å². The maximum Gasteiger partial charge on any atom is 0.341 e. The molecule has 0 saturated heterocycles. The van der Waals surface area contributed by atoms with E-state index in [2.05, 4.69) is 15.8 Å². The Morgan fingerprint density at radius 2 is 1.96 bits per heavy atom.